The van der Waals surface area contributed by atoms with Gasteiger partial charge in [-0.05, 0) is 36.4 Å². The lowest BCUT2D eigenvalue weighted by Gasteiger charge is -2.01. The highest BCUT2D eigenvalue weighted by molar-refractivity contribution is 9.10. The van der Waals surface area contributed by atoms with Crippen LogP contribution in [0, 0.1) is 0 Å². The van der Waals surface area contributed by atoms with E-state index < -0.39 is 0 Å². The van der Waals surface area contributed by atoms with Gasteiger partial charge in [0.05, 0.1) is 11.0 Å². The van der Waals surface area contributed by atoms with E-state index in [-0.39, 0.29) is 5.91 Å². The minimum atomic E-state index is -0.188. The van der Waals surface area contributed by atoms with Gasteiger partial charge >= 0.3 is 0 Å². The van der Waals surface area contributed by atoms with Crippen LogP contribution in [0.25, 0.3) is 11.0 Å². The van der Waals surface area contributed by atoms with Crippen molar-refractivity contribution < 1.29 is 4.79 Å². The molecule has 4 nitrogen and oxygen atoms in total. The molecule has 0 spiro atoms. The van der Waals surface area contributed by atoms with Crippen LogP contribution in [0.2, 0.25) is 0 Å². The molecule has 3 rings (SSSR count). The second kappa shape index (κ2) is 4.85. The summed E-state index contributed by atoms with van der Waals surface area (Å²) in [6.07, 6.45) is 0. The number of para-hydroxylation sites is 2. The van der Waals surface area contributed by atoms with Crippen LogP contribution < -0.4 is 5.32 Å². The predicted molar refractivity (Wildman–Crippen MR) is 78.2 cm³/mol. The second-order valence-electron chi connectivity index (χ2n) is 4.06. The van der Waals surface area contributed by atoms with E-state index in [1.807, 2.05) is 36.4 Å². The van der Waals surface area contributed by atoms with Gasteiger partial charge in [-0.2, -0.15) is 0 Å². The van der Waals surface area contributed by atoms with Gasteiger partial charge in [0.15, 0.2) is 0 Å². The fourth-order valence-corrected chi connectivity index (χ4v) is 2.06. The number of benzene rings is 2. The van der Waals surface area contributed by atoms with E-state index in [0.717, 1.165) is 15.5 Å². The molecule has 5 heteroatoms. The van der Waals surface area contributed by atoms with Crippen molar-refractivity contribution in [3.8, 4) is 0 Å². The third-order valence-electron chi connectivity index (χ3n) is 2.73. The number of halogens is 1. The van der Waals surface area contributed by atoms with Crippen molar-refractivity contribution in [3.05, 3.63) is 58.6 Å². The van der Waals surface area contributed by atoms with Gasteiger partial charge in [0.2, 0.25) is 5.95 Å². The first-order chi connectivity index (χ1) is 9.22. The van der Waals surface area contributed by atoms with Gasteiger partial charge < -0.3 is 4.98 Å². The van der Waals surface area contributed by atoms with Crippen molar-refractivity contribution in [2.75, 3.05) is 5.32 Å². The van der Waals surface area contributed by atoms with Crippen LogP contribution >= 0.6 is 15.9 Å². The Bertz CT molecular complexity index is 701. The summed E-state index contributed by atoms with van der Waals surface area (Å²) in [5.74, 6) is 0.265. The topological polar surface area (TPSA) is 57.8 Å². The van der Waals surface area contributed by atoms with Crippen LogP contribution in [0.15, 0.2) is 53.0 Å². The summed E-state index contributed by atoms with van der Waals surface area (Å²) in [5.41, 5.74) is 2.31. The predicted octanol–water partition coefficient (Wildman–Crippen LogP) is 3.58. The summed E-state index contributed by atoms with van der Waals surface area (Å²) in [4.78, 5) is 19.4. The number of nitrogens with zero attached hydrogens (tertiary/aromatic N) is 1. The summed E-state index contributed by atoms with van der Waals surface area (Å²) in [6, 6.07) is 14.8. The monoisotopic (exact) mass is 315 g/mol. The first-order valence-corrected chi connectivity index (χ1v) is 6.53. The Morgan fingerprint density at radius 2 is 1.84 bits per heavy atom. The lowest BCUT2D eigenvalue weighted by Crippen LogP contribution is -2.12. The average molecular weight is 316 g/mol. The number of nitrogens with one attached hydrogen (secondary N) is 2. The van der Waals surface area contributed by atoms with Crippen LogP contribution in [-0.4, -0.2) is 15.9 Å². The van der Waals surface area contributed by atoms with Gasteiger partial charge in [-0.15, -0.1) is 0 Å². The molecule has 0 saturated carbocycles. The fourth-order valence-electron chi connectivity index (χ4n) is 1.79. The number of aromatic amines is 1. The van der Waals surface area contributed by atoms with Gasteiger partial charge in [0.25, 0.3) is 5.91 Å². The highest BCUT2D eigenvalue weighted by atomic mass is 79.9. The van der Waals surface area contributed by atoms with Crippen LogP contribution in [-0.2, 0) is 0 Å². The fraction of sp³-hybridized carbons (Fsp3) is 0. The molecule has 0 bridgehead atoms. The zero-order valence-electron chi connectivity index (χ0n) is 9.85. The quantitative estimate of drug-likeness (QED) is 0.759. The molecule has 1 aromatic heterocycles. The Labute approximate surface area is 118 Å². The highest BCUT2D eigenvalue weighted by Crippen LogP contribution is 2.15. The number of carbonyl (C=O) groups is 1. The molecule has 3 aromatic rings. The van der Waals surface area contributed by atoms with E-state index >= 15 is 0 Å². The highest BCUT2D eigenvalue weighted by Gasteiger charge is 2.08. The lowest BCUT2D eigenvalue weighted by atomic mass is 10.2. The van der Waals surface area contributed by atoms with Gasteiger partial charge in [-0.3, -0.25) is 10.1 Å². The van der Waals surface area contributed by atoms with Crippen molar-refractivity contribution in [2.24, 2.45) is 0 Å². The maximum absolute atomic E-state index is 12.0. The molecule has 0 atom stereocenters. The van der Waals surface area contributed by atoms with Crippen molar-refractivity contribution in [1.82, 2.24) is 9.97 Å². The van der Waals surface area contributed by atoms with Crippen molar-refractivity contribution in [2.45, 2.75) is 0 Å². The Morgan fingerprint density at radius 3 is 2.58 bits per heavy atom. The zero-order chi connectivity index (χ0) is 13.2. The average Bonchev–Trinajstić information content (AvgIpc) is 2.81. The number of rotatable bonds is 2. The molecule has 0 unspecified atom stereocenters. The molecule has 1 amide bonds. The van der Waals surface area contributed by atoms with E-state index in [1.54, 1.807) is 12.1 Å². The molecule has 19 heavy (non-hydrogen) atoms. The molecular weight excluding hydrogens is 306 g/mol. The number of carbonyl (C=O) groups excluding carboxylic acids is 1. The molecule has 0 fully saturated rings. The minimum Gasteiger partial charge on any atom is -0.324 e. The van der Waals surface area contributed by atoms with Crippen LogP contribution in [0.1, 0.15) is 10.4 Å². The number of anilines is 1. The Balaban J connectivity index is 1.84. The number of amides is 1. The lowest BCUT2D eigenvalue weighted by molar-refractivity contribution is 0.102. The van der Waals surface area contributed by atoms with Crippen molar-refractivity contribution >= 4 is 38.8 Å². The van der Waals surface area contributed by atoms with Crippen molar-refractivity contribution in [3.63, 3.8) is 0 Å². The summed E-state index contributed by atoms with van der Waals surface area (Å²) in [6.45, 7) is 0. The van der Waals surface area contributed by atoms with Gasteiger partial charge in [0.1, 0.15) is 0 Å². The number of H-pyrrole nitrogens is 1. The normalized spacial score (nSPS) is 10.6. The maximum atomic E-state index is 12.0. The Morgan fingerprint density at radius 1 is 1.11 bits per heavy atom. The first kappa shape index (κ1) is 11.9. The summed E-state index contributed by atoms with van der Waals surface area (Å²) in [7, 11) is 0. The minimum absolute atomic E-state index is 0.188. The Hall–Kier alpha value is -2.14. The summed E-state index contributed by atoms with van der Waals surface area (Å²) < 4.78 is 0.938. The zero-order valence-corrected chi connectivity index (χ0v) is 11.4. The molecule has 2 aromatic carbocycles. The number of hydrogen-bond acceptors (Lipinski definition) is 2. The van der Waals surface area contributed by atoms with E-state index in [0.29, 0.717) is 11.5 Å². The number of aromatic nitrogens is 2. The number of fused-ring (bicyclic) bond motifs is 1. The van der Waals surface area contributed by atoms with Gasteiger partial charge in [-0.1, -0.05) is 28.1 Å². The van der Waals surface area contributed by atoms with Gasteiger partial charge in [-0.25, -0.2) is 4.98 Å². The largest absolute Gasteiger partial charge is 0.324 e. The van der Waals surface area contributed by atoms with Crippen LogP contribution in [0.3, 0.4) is 0 Å². The molecule has 0 aliphatic heterocycles. The standard InChI is InChI=1S/C14H10BrN3O/c15-10-7-5-9(6-8-10)13(19)18-14-16-11-3-1-2-4-12(11)17-14/h1-8H,(H2,16,17,18,19). The third-order valence-corrected chi connectivity index (χ3v) is 3.26. The molecule has 0 aliphatic rings. The summed E-state index contributed by atoms with van der Waals surface area (Å²) in [5, 5.41) is 2.75. The SMILES string of the molecule is O=C(Nc1nc2ccccc2[nH]1)c1ccc(Br)cc1. The molecule has 94 valence electrons. The smallest absolute Gasteiger partial charge is 0.257 e. The van der Waals surface area contributed by atoms with Gasteiger partial charge in [0, 0.05) is 10.0 Å². The van der Waals surface area contributed by atoms with E-state index in [2.05, 4.69) is 31.2 Å². The number of hydrogen-bond donors (Lipinski definition) is 2. The molecule has 2 N–H and O–H groups in total. The molecule has 0 radical (unpaired) electrons. The van der Waals surface area contributed by atoms with E-state index in [1.165, 1.54) is 0 Å². The van der Waals surface area contributed by atoms with Crippen molar-refractivity contribution in [1.29, 1.82) is 0 Å². The Kier molecular flexibility index (Phi) is 3.05. The maximum Gasteiger partial charge on any atom is 0.257 e. The molecule has 1 heterocycles. The second-order valence-corrected chi connectivity index (χ2v) is 4.98. The molecule has 0 aliphatic carbocycles. The summed E-state index contributed by atoms with van der Waals surface area (Å²) >= 11 is 3.33. The first-order valence-electron chi connectivity index (χ1n) is 5.74. The number of imidazole rings is 1. The van der Waals surface area contributed by atoms with E-state index in [4.69, 9.17) is 0 Å². The van der Waals surface area contributed by atoms with Crippen LogP contribution in [0.4, 0.5) is 5.95 Å². The van der Waals surface area contributed by atoms with E-state index in [9.17, 15) is 4.79 Å². The van der Waals surface area contributed by atoms with Crippen LogP contribution in [0.5, 0.6) is 0 Å². The molecule has 0 saturated heterocycles. The molecular formula is C14H10BrN3O. The third kappa shape index (κ3) is 2.51.